The van der Waals surface area contributed by atoms with E-state index in [0.29, 0.717) is 22.7 Å². The van der Waals surface area contributed by atoms with Gasteiger partial charge in [0.2, 0.25) is 5.91 Å². The molecule has 170 valence electrons. The lowest BCUT2D eigenvalue weighted by Gasteiger charge is -2.30. The molecule has 33 heavy (non-hydrogen) atoms. The summed E-state index contributed by atoms with van der Waals surface area (Å²) in [6, 6.07) is 9.88. The molecule has 2 amide bonds. The van der Waals surface area contributed by atoms with Crippen molar-refractivity contribution in [2.45, 2.75) is 18.0 Å². The van der Waals surface area contributed by atoms with Crippen molar-refractivity contribution in [3.63, 3.8) is 0 Å². The largest absolute Gasteiger partial charge is 0.398 e. The first-order valence-electron chi connectivity index (χ1n) is 9.76. The smallest absolute Gasteiger partial charge is 0.251 e. The van der Waals surface area contributed by atoms with Gasteiger partial charge in [0.25, 0.3) is 5.91 Å². The van der Waals surface area contributed by atoms with Gasteiger partial charge in [-0.1, -0.05) is 6.07 Å². The van der Waals surface area contributed by atoms with Crippen LogP contribution >= 0.6 is 11.8 Å². The number of hydrogen-bond acceptors (Lipinski definition) is 4. The quantitative estimate of drug-likeness (QED) is 0.424. The Hall–Kier alpha value is -3.53. The van der Waals surface area contributed by atoms with Crippen molar-refractivity contribution >= 4 is 35.0 Å². The third-order valence-corrected chi connectivity index (χ3v) is 6.20. The lowest BCUT2D eigenvalue weighted by atomic mass is 10.1. The van der Waals surface area contributed by atoms with Crippen molar-refractivity contribution in [1.82, 2.24) is 5.32 Å². The van der Waals surface area contributed by atoms with Gasteiger partial charge in [-0.25, -0.2) is 17.6 Å². The molecule has 3 N–H and O–H groups in total. The average molecular weight is 475 g/mol. The molecule has 1 aliphatic rings. The van der Waals surface area contributed by atoms with Crippen molar-refractivity contribution in [3.8, 4) is 0 Å². The second kappa shape index (κ2) is 9.14. The number of thioether (sulfide) groups is 1. The summed E-state index contributed by atoms with van der Waals surface area (Å²) in [5.74, 6) is -4.55. The molecule has 0 saturated carbocycles. The van der Waals surface area contributed by atoms with Crippen LogP contribution in [0.2, 0.25) is 0 Å². The molecule has 3 aromatic carbocycles. The number of benzene rings is 3. The Bertz CT molecular complexity index is 1230. The minimum atomic E-state index is -1.10. The maximum atomic E-state index is 14.2. The summed E-state index contributed by atoms with van der Waals surface area (Å²) in [6.45, 7) is -0.544. The Morgan fingerprint density at radius 1 is 1.00 bits per heavy atom. The summed E-state index contributed by atoms with van der Waals surface area (Å²) >= 11 is 1.21. The first-order valence-corrected chi connectivity index (χ1v) is 10.7. The molecular formula is C23H17F4N3O2S. The van der Waals surface area contributed by atoms with Crippen molar-refractivity contribution in [1.29, 1.82) is 0 Å². The molecule has 10 heteroatoms. The highest BCUT2D eigenvalue weighted by Crippen LogP contribution is 2.37. The minimum absolute atomic E-state index is 0.0699. The fourth-order valence-electron chi connectivity index (χ4n) is 3.43. The van der Waals surface area contributed by atoms with E-state index >= 15 is 0 Å². The van der Waals surface area contributed by atoms with Crippen LogP contribution in [0.5, 0.6) is 0 Å². The molecule has 0 aromatic heterocycles. The van der Waals surface area contributed by atoms with E-state index in [1.165, 1.54) is 40.9 Å². The number of carbonyl (C=O) groups excluding carboxylic acids is 2. The van der Waals surface area contributed by atoms with Crippen molar-refractivity contribution in [3.05, 3.63) is 88.5 Å². The number of halogens is 4. The van der Waals surface area contributed by atoms with Gasteiger partial charge in [0.1, 0.15) is 23.3 Å². The summed E-state index contributed by atoms with van der Waals surface area (Å²) in [4.78, 5) is 27.1. The van der Waals surface area contributed by atoms with E-state index in [2.05, 4.69) is 5.32 Å². The third-order valence-electron chi connectivity index (χ3n) is 5.17. The van der Waals surface area contributed by atoms with Gasteiger partial charge in [-0.15, -0.1) is 11.8 Å². The zero-order valence-corrected chi connectivity index (χ0v) is 17.8. The zero-order valence-electron chi connectivity index (χ0n) is 17.0. The molecule has 0 spiro atoms. The van der Waals surface area contributed by atoms with Crippen LogP contribution in [-0.4, -0.2) is 17.6 Å². The fraction of sp³-hybridized carbons (Fsp3) is 0.130. The molecule has 4 rings (SSSR count). The number of fused-ring (bicyclic) bond motifs is 1. The van der Waals surface area contributed by atoms with Crippen LogP contribution in [0.1, 0.15) is 21.5 Å². The molecule has 0 fully saturated rings. The van der Waals surface area contributed by atoms with Crippen LogP contribution in [0.4, 0.5) is 28.9 Å². The summed E-state index contributed by atoms with van der Waals surface area (Å²) < 4.78 is 54.9. The third kappa shape index (κ3) is 4.65. The predicted octanol–water partition coefficient (Wildman–Crippen LogP) is 4.39. The Morgan fingerprint density at radius 3 is 2.42 bits per heavy atom. The monoisotopic (exact) mass is 475 g/mol. The standard InChI is InChI=1S/C23H17F4N3O2S/c24-13-7-17(26)14(18(27)8-13)9-29-23(32)12-4-5-20-21(6-12)33-11-22(31)30(20)10-15-16(25)2-1-3-19(15)28/h1-8H,9-11,28H2,(H,29,32). The predicted molar refractivity (Wildman–Crippen MR) is 117 cm³/mol. The fourth-order valence-corrected chi connectivity index (χ4v) is 4.40. The first-order chi connectivity index (χ1) is 15.7. The highest BCUT2D eigenvalue weighted by atomic mass is 32.2. The van der Waals surface area contributed by atoms with Crippen LogP contribution < -0.4 is 16.0 Å². The van der Waals surface area contributed by atoms with Crippen LogP contribution in [-0.2, 0) is 17.9 Å². The van der Waals surface area contributed by atoms with Crippen molar-refractivity contribution in [2.75, 3.05) is 16.4 Å². The normalized spacial score (nSPS) is 13.1. The van der Waals surface area contributed by atoms with Gasteiger partial charge < -0.3 is 16.0 Å². The molecule has 5 nitrogen and oxygen atoms in total. The van der Waals surface area contributed by atoms with Crippen molar-refractivity contribution < 1.29 is 27.2 Å². The highest BCUT2D eigenvalue weighted by molar-refractivity contribution is 8.00. The first kappa shape index (κ1) is 22.7. The Kier molecular flexibility index (Phi) is 6.28. The molecule has 0 aliphatic carbocycles. The van der Waals surface area contributed by atoms with E-state index in [1.807, 2.05) is 0 Å². The van der Waals surface area contributed by atoms with Gasteiger partial charge >= 0.3 is 0 Å². The summed E-state index contributed by atoms with van der Waals surface area (Å²) in [5, 5.41) is 2.40. The van der Waals surface area contributed by atoms with Crippen LogP contribution in [0, 0.1) is 23.3 Å². The van der Waals surface area contributed by atoms with E-state index in [1.54, 1.807) is 12.1 Å². The SMILES string of the molecule is Nc1cccc(F)c1CN1C(=O)CSc2cc(C(=O)NCc3c(F)cc(F)cc3F)ccc21. The summed E-state index contributed by atoms with van der Waals surface area (Å²) in [6.07, 6.45) is 0. The lowest BCUT2D eigenvalue weighted by Crippen LogP contribution is -2.35. The highest BCUT2D eigenvalue weighted by Gasteiger charge is 2.27. The number of nitrogen functional groups attached to an aromatic ring is 1. The number of carbonyl (C=O) groups is 2. The molecule has 0 bridgehead atoms. The number of anilines is 2. The number of rotatable bonds is 5. The van der Waals surface area contributed by atoms with E-state index in [4.69, 9.17) is 5.73 Å². The molecule has 0 radical (unpaired) electrons. The summed E-state index contributed by atoms with van der Waals surface area (Å²) in [7, 11) is 0. The molecule has 1 aliphatic heterocycles. The maximum absolute atomic E-state index is 14.2. The van der Waals surface area contributed by atoms with Gasteiger partial charge in [-0.05, 0) is 30.3 Å². The number of nitrogens with zero attached hydrogens (tertiary/aromatic N) is 1. The number of amides is 2. The van der Waals surface area contributed by atoms with Gasteiger partial charge in [-0.3, -0.25) is 9.59 Å². The molecule has 3 aromatic rings. The van der Waals surface area contributed by atoms with Crippen LogP contribution in [0.3, 0.4) is 0 Å². The maximum Gasteiger partial charge on any atom is 0.251 e. The van der Waals surface area contributed by atoms with E-state index in [9.17, 15) is 27.2 Å². The Morgan fingerprint density at radius 2 is 1.73 bits per heavy atom. The van der Waals surface area contributed by atoms with Gasteiger partial charge in [0, 0.05) is 46.0 Å². The number of hydrogen-bond donors (Lipinski definition) is 2. The number of nitrogens with one attached hydrogen (secondary N) is 1. The second-order valence-electron chi connectivity index (χ2n) is 7.29. The average Bonchev–Trinajstić information content (AvgIpc) is 2.76. The molecule has 0 unspecified atom stereocenters. The van der Waals surface area contributed by atoms with Gasteiger partial charge in [-0.2, -0.15) is 0 Å². The lowest BCUT2D eigenvalue weighted by molar-refractivity contribution is -0.116. The number of nitrogens with two attached hydrogens (primary N) is 1. The summed E-state index contributed by atoms with van der Waals surface area (Å²) in [5.41, 5.74) is 6.51. The topological polar surface area (TPSA) is 75.4 Å². The van der Waals surface area contributed by atoms with E-state index < -0.39 is 41.3 Å². The molecular weight excluding hydrogens is 458 g/mol. The van der Waals surface area contributed by atoms with Crippen molar-refractivity contribution in [2.24, 2.45) is 0 Å². The van der Waals surface area contributed by atoms with E-state index in [-0.39, 0.29) is 35.0 Å². The van der Waals surface area contributed by atoms with Gasteiger partial charge in [0.05, 0.1) is 18.0 Å². The minimum Gasteiger partial charge on any atom is -0.398 e. The molecule has 1 heterocycles. The molecule has 0 atom stereocenters. The molecule has 0 saturated heterocycles. The Labute approximate surface area is 190 Å². The van der Waals surface area contributed by atoms with E-state index in [0.717, 1.165) is 0 Å². The van der Waals surface area contributed by atoms with Crippen LogP contribution in [0.25, 0.3) is 0 Å². The van der Waals surface area contributed by atoms with Crippen LogP contribution in [0.15, 0.2) is 53.4 Å². The second-order valence-corrected chi connectivity index (χ2v) is 8.31. The zero-order chi connectivity index (χ0) is 23.7. The van der Waals surface area contributed by atoms with Gasteiger partial charge in [0.15, 0.2) is 0 Å². The Balaban J connectivity index is 1.54.